The molecule has 0 bridgehead atoms. The van der Waals surface area contributed by atoms with Crippen molar-refractivity contribution in [3.05, 3.63) is 10.0 Å². The fourth-order valence-electron chi connectivity index (χ4n) is 1.14. The highest BCUT2D eigenvalue weighted by Crippen LogP contribution is 2.23. The van der Waals surface area contributed by atoms with Gasteiger partial charge in [-0.05, 0) is 6.92 Å². The zero-order chi connectivity index (χ0) is 9.97. The first-order valence-electron chi connectivity index (χ1n) is 4.52. The maximum atomic E-state index is 11.3. The van der Waals surface area contributed by atoms with E-state index in [1.165, 1.54) is 11.3 Å². The highest BCUT2D eigenvalue weighted by Gasteiger charge is 2.24. The van der Waals surface area contributed by atoms with Crippen LogP contribution in [0.25, 0.3) is 0 Å². The second-order valence-electron chi connectivity index (χ2n) is 3.02. The van der Waals surface area contributed by atoms with Crippen LogP contribution in [0.4, 0.5) is 0 Å². The molecule has 5 nitrogen and oxygen atoms in total. The first-order valence-corrected chi connectivity index (χ1v) is 5.34. The molecule has 1 fully saturated rings. The van der Waals surface area contributed by atoms with Gasteiger partial charge in [0.1, 0.15) is 5.01 Å². The van der Waals surface area contributed by atoms with Crippen molar-refractivity contribution in [1.82, 2.24) is 15.5 Å². The molecule has 2 heterocycles. The van der Waals surface area contributed by atoms with E-state index in [9.17, 15) is 4.79 Å². The number of nitrogens with zero attached hydrogens (tertiary/aromatic N) is 2. The van der Waals surface area contributed by atoms with Crippen LogP contribution in [0.2, 0.25) is 0 Å². The number of carbonyl (C=O) groups excluding carboxylic acids is 1. The van der Waals surface area contributed by atoms with Crippen molar-refractivity contribution >= 4 is 17.3 Å². The largest absolute Gasteiger partial charge is 0.461 e. The first-order chi connectivity index (χ1) is 6.81. The molecule has 6 heteroatoms. The van der Waals surface area contributed by atoms with E-state index in [1.54, 1.807) is 6.92 Å². The number of esters is 1. The Bertz CT molecular complexity index is 335. The summed E-state index contributed by atoms with van der Waals surface area (Å²) in [7, 11) is 0. The molecule has 76 valence electrons. The summed E-state index contributed by atoms with van der Waals surface area (Å²) in [6, 6.07) is 0. The van der Waals surface area contributed by atoms with Crippen LogP contribution in [-0.2, 0) is 4.74 Å². The number of nitrogens with one attached hydrogen (secondary N) is 1. The molecule has 1 N–H and O–H groups in total. The van der Waals surface area contributed by atoms with E-state index in [1.807, 2.05) is 0 Å². The van der Waals surface area contributed by atoms with E-state index >= 15 is 0 Å². The molecule has 2 rings (SSSR count). The number of hydrogen-bond acceptors (Lipinski definition) is 6. The molecule has 1 aliphatic rings. The summed E-state index contributed by atoms with van der Waals surface area (Å²) in [6.45, 7) is 4.00. The average Bonchev–Trinajstić information content (AvgIpc) is 2.50. The van der Waals surface area contributed by atoms with Crippen LogP contribution in [-0.4, -0.2) is 35.9 Å². The van der Waals surface area contributed by atoms with Crippen LogP contribution in [0, 0.1) is 0 Å². The molecule has 0 spiro atoms. The van der Waals surface area contributed by atoms with Crippen molar-refractivity contribution in [2.24, 2.45) is 0 Å². The highest BCUT2D eigenvalue weighted by atomic mass is 32.1. The number of aromatic nitrogens is 2. The molecule has 1 aliphatic heterocycles. The third kappa shape index (κ3) is 1.76. The van der Waals surface area contributed by atoms with Gasteiger partial charge in [-0.3, -0.25) is 0 Å². The summed E-state index contributed by atoms with van der Waals surface area (Å²) in [5.41, 5.74) is 0. The smallest absolute Gasteiger partial charge is 0.369 e. The van der Waals surface area contributed by atoms with Crippen LogP contribution < -0.4 is 5.32 Å². The Balaban J connectivity index is 2.05. The van der Waals surface area contributed by atoms with E-state index < -0.39 is 0 Å². The van der Waals surface area contributed by atoms with Crippen molar-refractivity contribution in [1.29, 1.82) is 0 Å². The Morgan fingerprint density at radius 1 is 1.64 bits per heavy atom. The Morgan fingerprint density at radius 2 is 2.43 bits per heavy atom. The number of carbonyl (C=O) groups is 1. The maximum Gasteiger partial charge on any atom is 0.369 e. The van der Waals surface area contributed by atoms with Crippen LogP contribution in [0.3, 0.4) is 0 Å². The molecule has 0 unspecified atom stereocenters. The van der Waals surface area contributed by atoms with E-state index in [0.717, 1.165) is 18.1 Å². The van der Waals surface area contributed by atoms with E-state index in [2.05, 4.69) is 15.5 Å². The molecular formula is C8H11N3O2S. The monoisotopic (exact) mass is 213 g/mol. The lowest BCUT2D eigenvalue weighted by Gasteiger charge is -2.23. The molecule has 0 aliphatic carbocycles. The van der Waals surface area contributed by atoms with Gasteiger partial charge in [-0.25, -0.2) is 4.79 Å². The maximum absolute atomic E-state index is 11.3. The van der Waals surface area contributed by atoms with Crippen LogP contribution in [0.5, 0.6) is 0 Å². The summed E-state index contributed by atoms with van der Waals surface area (Å²) in [6.07, 6.45) is 0. The van der Waals surface area contributed by atoms with Gasteiger partial charge in [0, 0.05) is 19.0 Å². The van der Waals surface area contributed by atoms with Crippen molar-refractivity contribution in [3.63, 3.8) is 0 Å². The molecule has 0 amide bonds. The van der Waals surface area contributed by atoms with Crippen molar-refractivity contribution < 1.29 is 9.53 Å². The lowest BCUT2D eigenvalue weighted by molar-refractivity contribution is 0.0525. The minimum absolute atomic E-state index is 0.355. The predicted octanol–water partition coefficient (Wildman–Crippen LogP) is 0.402. The van der Waals surface area contributed by atoms with Gasteiger partial charge in [0.15, 0.2) is 0 Å². The van der Waals surface area contributed by atoms with E-state index in [0.29, 0.717) is 17.5 Å². The van der Waals surface area contributed by atoms with Crippen LogP contribution in [0.1, 0.15) is 27.7 Å². The zero-order valence-electron chi connectivity index (χ0n) is 7.82. The molecule has 1 saturated heterocycles. The quantitative estimate of drug-likeness (QED) is 0.736. The Labute approximate surface area is 85.5 Å². The fraction of sp³-hybridized carbons (Fsp3) is 0.625. The third-order valence-electron chi connectivity index (χ3n) is 2.02. The van der Waals surface area contributed by atoms with Crippen molar-refractivity contribution in [3.8, 4) is 0 Å². The second kappa shape index (κ2) is 4.02. The standard InChI is InChI=1S/C8H11N3O2S/c1-2-13-8(12)7-11-10-6(14-7)5-3-9-4-5/h5,9H,2-4H2,1H3. The van der Waals surface area contributed by atoms with E-state index in [-0.39, 0.29) is 5.97 Å². The predicted molar refractivity (Wildman–Crippen MR) is 51.5 cm³/mol. The minimum Gasteiger partial charge on any atom is -0.461 e. The molecule has 0 atom stereocenters. The number of ether oxygens (including phenoxy) is 1. The lowest BCUT2D eigenvalue weighted by atomic mass is 10.1. The Kier molecular flexibility index (Phi) is 2.74. The normalized spacial score (nSPS) is 16.4. The van der Waals surface area contributed by atoms with Gasteiger partial charge < -0.3 is 10.1 Å². The van der Waals surface area contributed by atoms with Gasteiger partial charge in [-0.1, -0.05) is 11.3 Å². The summed E-state index contributed by atoms with van der Waals surface area (Å²) in [4.78, 5) is 11.3. The van der Waals surface area contributed by atoms with Crippen LogP contribution >= 0.6 is 11.3 Å². The van der Waals surface area contributed by atoms with Gasteiger partial charge in [0.05, 0.1) is 6.61 Å². The molecule has 0 saturated carbocycles. The minimum atomic E-state index is -0.372. The zero-order valence-corrected chi connectivity index (χ0v) is 8.63. The summed E-state index contributed by atoms with van der Waals surface area (Å²) in [5.74, 6) is 0.0548. The number of rotatable bonds is 3. The summed E-state index contributed by atoms with van der Waals surface area (Å²) < 4.78 is 4.83. The Morgan fingerprint density at radius 3 is 3.00 bits per heavy atom. The molecule has 0 radical (unpaired) electrons. The lowest BCUT2D eigenvalue weighted by Crippen LogP contribution is -2.39. The van der Waals surface area contributed by atoms with Crippen molar-refractivity contribution in [2.75, 3.05) is 19.7 Å². The van der Waals surface area contributed by atoms with Gasteiger partial charge in [0.25, 0.3) is 0 Å². The van der Waals surface area contributed by atoms with E-state index in [4.69, 9.17) is 4.74 Å². The van der Waals surface area contributed by atoms with Gasteiger partial charge in [0.2, 0.25) is 5.01 Å². The van der Waals surface area contributed by atoms with Gasteiger partial charge >= 0.3 is 5.97 Å². The fourth-order valence-corrected chi connectivity index (χ4v) is 1.98. The highest BCUT2D eigenvalue weighted by molar-refractivity contribution is 7.13. The topological polar surface area (TPSA) is 64.1 Å². The summed E-state index contributed by atoms with van der Waals surface area (Å²) >= 11 is 1.33. The molecule has 1 aromatic heterocycles. The molecule has 0 aromatic carbocycles. The first kappa shape index (κ1) is 9.54. The van der Waals surface area contributed by atoms with Gasteiger partial charge in [-0.15, -0.1) is 10.2 Å². The Hall–Kier alpha value is -1.01. The second-order valence-corrected chi connectivity index (χ2v) is 4.03. The molecular weight excluding hydrogens is 202 g/mol. The average molecular weight is 213 g/mol. The summed E-state index contributed by atoms with van der Waals surface area (Å²) in [5, 5.41) is 12.2. The SMILES string of the molecule is CCOC(=O)c1nnc(C2CNC2)s1. The molecule has 1 aromatic rings. The van der Waals surface area contributed by atoms with Crippen molar-refractivity contribution in [2.45, 2.75) is 12.8 Å². The van der Waals surface area contributed by atoms with Gasteiger partial charge in [-0.2, -0.15) is 0 Å². The molecule has 14 heavy (non-hydrogen) atoms. The van der Waals surface area contributed by atoms with Crippen LogP contribution in [0.15, 0.2) is 0 Å². The third-order valence-corrected chi connectivity index (χ3v) is 3.09. The number of hydrogen-bond donors (Lipinski definition) is 1.